The highest BCUT2D eigenvalue weighted by Gasteiger charge is 2.18. The van der Waals surface area contributed by atoms with Crippen molar-refractivity contribution in [2.45, 2.75) is 31.1 Å². The Labute approximate surface area is 90.1 Å². The summed E-state index contributed by atoms with van der Waals surface area (Å²) in [5.74, 6) is 0.683. The van der Waals surface area contributed by atoms with Crippen molar-refractivity contribution in [3.8, 4) is 5.88 Å². The van der Waals surface area contributed by atoms with E-state index in [0.29, 0.717) is 5.88 Å². The number of aromatic nitrogens is 1. The van der Waals surface area contributed by atoms with Crippen LogP contribution in [0.25, 0.3) is 0 Å². The van der Waals surface area contributed by atoms with E-state index in [1.165, 1.54) is 10.5 Å². The highest BCUT2D eigenvalue weighted by Crippen LogP contribution is 2.32. The lowest BCUT2D eigenvalue weighted by molar-refractivity contribution is 0.395. The van der Waals surface area contributed by atoms with Gasteiger partial charge in [-0.25, -0.2) is 4.98 Å². The average molecular weight is 211 g/mol. The molecule has 0 fully saturated rings. The van der Waals surface area contributed by atoms with Crippen LogP contribution in [-0.4, -0.2) is 18.3 Å². The SMILES string of the molecule is COc1cc(SC)c(C(C)(C)C)cn1. The van der Waals surface area contributed by atoms with Gasteiger partial charge in [-0.3, -0.25) is 0 Å². The van der Waals surface area contributed by atoms with Crippen LogP contribution in [0.2, 0.25) is 0 Å². The first-order valence-electron chi connectivity index (χ1n) is 4.57. The summed E-state index contributed by atoms with van der Waals surface area (Å²) in [7, 11) is 1.64. The maximum absolute atomic E-state index is 5.10. The van der Waals surface area contributed by atoms with Crippen LogP contribution in [-0.2, 0) is 5.41 Å². The van der Waals surface area contributed by atoms with Gasteiger partial charge in [-0.15, -0.1) is 11.8 Å². The quantitative estimate of drug-likeness (QED) is 0.702. The molecule has 3 heteroatoms. The van der Waals surface area contributed by atoms with Gasteiger partial charge in [0, 0.05) is 17.2 Å². The van der Waals surface area contributed by atoms with Crippen molar-refractivity contribution in [1.29, 1.82) is 0 Å². The van der Waals surface area contributed by atoms with Crippen molar-refractivity contribution < 1.29 is 4.74 Å². The monoisotopic (exact) mass is 211 g/mol. The zero-order valence-electron chi connectivity index (χ0n) is 9.42. The molecule has 0 radical (unpaired) electrons. The zero-order chi connectivity index (χ0) is 10.8. The highest BCUT2D eigenvalue weighted by atomic mass is 32.2. The first-order chi connectivity index (χ1) is 6.49. The van der Waals surface area contributed by atoms with Gasteiger partial charge in [-0.2, -0.15) is 0 Å². The largest absolute Gasteiger partial charge is 0.481 e. The molecular formula is C11H17NOS. The van der Waals surface area contributed by atoms with Gasteiger partial charge in [0.05, 0.1) is 7.11 Å². The molecule has 1 heterocycles. The van der Waals surface area contributed by atoms with Gasteiger partial charge in [0.1, 0.15) is 0 Å². The summed E-state index contributed by atoms with van der Waals surface area (Å²) >= 11 is 1.73. The zero-order valence-corrected chi connectivity index (χ0v) is 10.2. The Morgan fingerprint density at radius 3 is 2.43 bits per heavy atom. The van der Waals surface area contributed by atoms with Crippen molar-refractivity contribution in [2.24, 2.45) is 0 Å². The van der Waals surface area contributed by atoms with Crippen LogP contribution in [0.4, 0.5) is 0 Å². The van der Waals surface area contributed by atoms with E-state index in [4.69, 9.17) is 4.74 Å². The number of ether oxygens (including phenoxy) is 1. The summed E-state index contributed by atoms with van der Waals surface area (Å²) in [6.45, 7) is 6.57. The predicted octanol–water partition coefficient (Wildman–Crippen LogP) is 3.11. The van der Waals surface area contributed by atoms with Gasteiger partial charge in [0.25, 0.3) is 0 Å². The number of methoxy groups -OCH3 is 1. The van der Waals surface area contributed by atoms with E-state index in [9.17, 15) is 0 Å². The van der Waals surface area contributed by atoms with Gasteiger partial charge in [-0.05, 0) is 17.2 Å². The number of thioether (sulfide) groups is 1. The fourth-order valence-corrected chi connectivity index (χ4v) is 2.06. The molecule has 14 heavy (non-hydrogen) atoms. The van der Waals surface area contributed by atoms with Crippen molar-refractivity contribution >= 4 is 11.8 Å². The molecule has 0 aliphatic heterocycles. The minimum Gasteiger partial charge on any atom is -0.481 e. The van der Waals surface area contributed by atoms with E-state index in [1.807, 2.05) is 12.3 Å². The first-order valence-corrected chi connectivity index (χ1v) is 5.80. The van der Waals surface area contributed by atoms with Crippen LogP contribution in [0.1, 0.15) is 26.3 Å². The second kappa shape index (κ2) is 4.22. The Morgan fingerprint density at radius 1 is 1.36 bits per heavy atom. The normalized spacial score (nSPS) is 11.5. The predicted molar refractivity (Wildman–Crippen MR) is 61.3 cm³/mol. The Kier molecular flexibility index (Phi) is 3.43. The Hall–Kier alpha value is -0.700. The third-order valence-electron chi connectivity index (χ3n) is 2.08. The summed E-state index contributed by atoms with van der Waals surface area (Å²) in [5.41, 5.74) is 1.41. The van der Waals surface area contributed by atoms with Gasteiger partial charge in [0.15, 0.2) is 0 Å². The molecular weight excluding hydrogens is 194 g/mol. The van der Waals surface area contributed by atoms with Crippen molar-refractivity contribution in [1.82, 2.24) is 4.98 Å². The van der Waals surface area contributed by atoms with Gasteiger partial charge < -0.3 is 4.74 Å². The van der Waals surface area contributed by atoms with Crippen molar-refractivity contribution in [3.05, 3.63) is 17.8 Å². The number of rotatable bonds is 2. The third kappa shape index (κ3) is 2.41. The minimum atomic E-state index is 0.137. The van der Waals surface area contributed by atoms with Crippen LogP contribution in [0.3, 0.4) is 0 Å². The van der Waals surface area contributed by atoms with E-state index < -0.39 is 0 Å². The molecule has 1 aromatic heterocycles. The third-order valence-corrected chi connectivity index (χ3v) is 2.86. The maximum Gasteiger partial charge on any atom is 0.214 e. The lowest BCUT2D eigenvalue weighted by Gasteiger charge is -2.21. The van der Waals surface area contributed by atoms with Gasteiger partial charge in [0.2, 0.25) is 5.88 Å². The van der Waals surface area contributed by atoms with Crippen molar-refractivity contribution in [3.63, 3.8) is 0 Å². The number of hydrogen-bond donors (Lipinski definition) is 0. The molecule has 0 saturated heterocycles. The summed E-state index contributed by atoms with van der Waals surface area (Å²) < 4.78 is 5.10. The number of nitrogens with zero attached hydrogens (tertiary/aromatic N) is 1. The molecule has 0 unspecified atom stereocenters. The molecule has 0 bridgehead atoms. The molecule has 1 aromatic rings. The molecule has 0 atom stereocenters. The van der Waals surface area contributed by atoms with E-state index >= 15 is 0 Å². The molecule has 2 nitrogen and oxygen atoms in total. The van der Waals surface area contributed by atoms with Crippen LogP contribution in [0, 0.1) is 0 Å². The molecule has 0 aliphatic rings. The first kappa shape index (κ1) is 11.4. The molecule has 0 N–H and O–H groups in total. The smallest absolute Gasteiger partial charge is 0.214 e. The lowest BCUT2D eigenvalue weighted by atomic mass is 9.88. The Bertz CT molecular complexity index is 318. The van der Waals surface area contributed by atoms with Crippen LogP contribution in [0.5, 0.6) is 5.88 Å². The molecule has 78 valence electrons. The Balaban J connectivity index is 3.18. The van der Waals surface area contributed by atoms with E-state index in [-0.39, 0.29) is 5.41 Å². The second-order valence-electron chi connectivity index (χ2n) is 4.18. The molecule has 0 amide bonds. The van der Waals surface area contributed by atoms with Crippen molar-refractivity contribution in [2.75, 3.05) is 13.4 Å². The average Bonchev–Trinajstić information content (AvgIpc) is 2.15. The van der Waals surface area contributed by atoms with Crippen LogP contribution < -0.4 is 4.74 Å². The highest BCUT2D eigenvalue weighted by molar-refractivity contribution is 7.98. The molecule has 1 rings (SSSR count). The van der Waals surface area contributed by atoms with E-state index in [1.54, 1.807) is 18.9 Å². The minimum absolute atomic E-state index is 0.137. The van der Waals surface area contributed by atoms with E-state index in [0.717, 1.165) is 0 Å². The van der Waals surface area contributed by atoms with Crippen LogP contribution in [0.15, 0.2) is 17.2 Å². The maximum atomic E-state index is 5.10. The summed E-state index contributed by atoms with van der Waals surface area (Å²) in [5, 5.41) is 0. The molecule has 0 aromatic carbocycles. The molecule has 0 saturated carbocycles. The topological polar surface area (TPSA) is 22.1 Å². The molecule has 0 aliphatic carbocycles. The van der Waals surface area contributed by atoms with E-state index in [2.05, 4.69) is 32.0 Å². The summed E-state index contributed by atoms with van der Waals surface area (Å²) in [6.07, 6.45) is 3.98. The molecule has 0 spiro atoms. The fourth-order valence-electron chi connectivity index (χ4n) is 1.26. The van der Waals surface area contributed by atoms with Gasteiger partial charge in [-0.1, -0.05) is 20.8 Å². The van der Waals surface area contributed by atoms with Gasteiger partial charge >= 0.3 is 0 Å². The lowest BCUT2D eigenvalue weighted by Crippen LogP contribution is -2.13. The summed E-state index contributed by atoms with van der Waals surface area (Å²) in [4.78, 5) is 5.48. The standard InChI is InChI=1S/C11H17NOS/c1-11(2,3)8-7-12-10(13-4)6-9(8)14-5/h6-7H,1-5H3. The fraction of sp³-hybridized carbons (Fsp3) is 0.545. The second-order valence-corrected chi connectivity index (χ2v) is 5.03. The summed E-state index contributed by atoms with van der Waals surface area (Å²) in [6, 6.07) is 1.99. The number of hydrogen-bond acceptors (Lipinski definition) is 3. The number of pyridine rings is 1. The van der Waals surface area contributed by atoms with Crippen LogP contribution >= 0.6 is 11.8 Å². The Morgan fingerprint density at radius 2 is 2.00 bits per heavy atom.